The van der Waals surface area contributed by atoms with E-state index in [9.17, 15) is 5.11 Å². The van der Waals surface area contributed by atoms with E-state index in [0.717, 1.165) is 25.2 Å². The standard InChI is InChI=1S/C14H26O/c1-3-12(2)11-14(15)10-9-13-7-5-4-6-8-13/h13-15H,2-11H2,1H3. The fourth-order valence-electron chi connectivity index (χ4n) is 2.48. The van der Waals surface area contributed by atoms with E-state index < -0.39 is 0 Å². The molecule has 0 spiro atoms. The zero-order chi connectivity index (χ0) is 11.1. The molecule has 88 valence electrons. The fraction of sp³-hybridized carbons (Fsp3) is 0.857. The zero-order valence-corrected chi connectivity index (χ0v) is 10.2. The van der Waals surface area contributed by atoms with Gasteiger partial charge in [-0.1, -0.05) is 51.2 Å². The number of aliphatic hydroxyl groups excluding tert-OH is 1. The van der Waals surface area contributed by atoms with Gasteiger partial charge in [0, 0.05) is 0 Å². The Hall–Kier alpha value is -0.300. The molecule has 0 bridgehead atoms. The summed E-state index contributed by atoms with van der Waals surface area (Å²) in [7, 11) is 0. The maximum absolute atomic E-state index is 9.82. The molecule has 1 nitrogen and oxygen atoms in total. The van der Waals surface area contributed by atoms with Crippen LogP contribution in [-0.2, 0) is 0 Å². The van der Waals surface area contributed by atoms with Crippen molar-refractivity contribution in [2.75, 3.05) is 0 Å². The third-order valence-electron chi connectivity index (χ3n) is 3.66. The molecule has 0 aromatic heterocycles. The van der Waals surface area contributed by atoms with E-state index in [0.29, 0.717) is 0 Å². The molecule has 15 heavy (non-hydrogen) atoms. The molecule has 1 unspecified atom stereocenters. The monoisotopic (exact) mass is 210 g/mol. The lowest BCUT2D eigenvalue weighted by atomic mass is 9.85. The van der Waals surface area contributed by atoms with Crippen molar-refractivity contribution >= 4 is 0 Å². The molecule has 1 aliphatic rings. The highest BCUT2D eigenvalue weighted by Gasteiger charge is 2.15. The summed E-state index contributed by atoms with van der Waals surface area (Å²) in [5, 5.41) is 9.82. The average molecular weight is 210 g/mol. The quantitative estimate of drug-likeness (QED) is 0.655. The Bertz CT molecular complexity index is 180. The first-order valence-corrected chi connectivity index (χ1v) is 6.57. The van der Waals surface area contributed by atoms with Crippen molar-refractivity contribution in [2.24, 2.45) is 5.92 Å². The number of aliphatic hydroxyl groups is 1. The SMILES string of the molecule is C=C(CC)CC(O)CCC1CCCCC1. The van der Waals surface area contributed by atoms with Crippen molar-refractivity contribution in [1.82, 2.24) is 0 Å². The van der Waals surface area contributed by atoms with E-state index in [1.54, 1.807) is 0 Å². The molecule has 1 N–H and O–H groups in total. The Morgan fingerprint density at radius 1 is 1.33 bits per heavy atom. The van der Waals surface area contributed by atoms with Gasteiger partial charge in [0.2, 0.25) is 0 Å². The van der Waals surface area contributed by atoms with Crippen molar-refractivity contribution < 1.29 is 5.11 Å². The van der Waals surface area contributed by atoms with Gasteiger partial charge < -0.3 is 5.11 Å². The van der Waals surface area contributed by atoms with E-state index >= 15 is 0 Å². The molecule has 0 aliphatic heterocycles. The molecule has 0 aromatic rings. The highest BCUT2D eigenvalue weighted by molar-refractivity contribution is 4.94. The van der Waals surface area contributed by atoms with Gasteiger partial charge in [-0.15, -0.1) is 0 Å². The summed E-state index contributed by atoms with van der Waals surface area (Å²) in [4.78, 5) is 0. The lowest BCUT2D eigenvalue weighted by Crippen LogP contribution is -2.12. The van der Waals surface area contributed by atoms with Crippen molar-refractivity contribution in [3.63, 3.8) is 0 Å². The minimum absolute atomic E-state index is 0.139. The van der Waals surface area contributed by atoms with Crippen molar-refractivity contribution in [2.45, 2.75) is 70.8 Å². The Morgan fingerprint density at radius 2 is 2.00 bits per heavy atom. The summed E-state index contributed by atoms with van der Waals surface area (Å²) in [6.45, 7) is 6.06. The van der Waals surface area contributed by atoms with Crippen molar-refractivity contribution in [3.05, 3.63) is 12.2 Å². The first-order chi connectivity index (χ1) is 7.22. The second-order valence-corrected chi connectivity index (χ2v) is 5.04. The second kappa shape index (κ2) is 7.05. The predicted molar refractivity (Wildman–Crippen MR) is 65.9 cm³/mol. The predicted octanol–water partition coefficient (Wildman–Crippen LogP) is 4.06. The van der Waals surface area contributed by atoms with Gasteiger partial charge in [0.1, 0.15) is 0 Å². The first-order valence-electron chi connectivity index (χ1n) is 6.57. The Morgan fingerprint density at radius 3 is 2.60 bits per heavy atom. The van der Waals surface area contributed by atoms with E-state index in [-0.39, 0.29) is 6.10 Å². The minimum atomic E-state index is -0.139. The topological polar surface area (TPSA) is 20.2 Å². The molecule has 0 radical (unpaired) electrons. The number of hydrogen-bond donors (Lipinski definition) is 1. The smallest absolute Gasteiger partial charge is 0.0577 e. The fourth-order valence-corrected chi connectivity index (χ4v) is 2.48. The van der Waals surface area contributed by atoms with Crippen LogP contribution >= 0.6 is 0 Å². The van der Waals surface area contributed by atoms with Gasteiger partial charge in [-0.2, -0.15) is 0 Å². The summed E-state index contributed by atoms with van der Waals surface area (Å²) in [6.07, 6.45) is 10.9. The lowest BCUT2D eigenvalue weighted by Gasteiger charge is -2.22. The maximum atomic E-state index is 9.82. The first kappa shape index (κ1) is 12.8. The Labute approximate surface area is 94.6 Å². The van der Waals surface area contributed by atoms with E-state index in [1.807, 2.05) is 0 Å². The normalized spacial score (nSPS) is 20.1. The minimum Gasteiger partial charge on any atom is -0.393 e. The van der Waals surface area contributed by atoms with Crippen LogP contribution in [0.1, 0.15) is 64.7 Å². The number of rotatable bonds is 6. The van der Waals surface area contributed by atoms with Crippen LogP contribution in [0.25, 0.3) is 0 Å². The molecule has 0 aromatic carbocycles. The highest BCUT2D eigenvalue weighted by Crippen LogP contribution is 2.28. The third-order valence-corrected chi connectivity index (χ3v) is 3.66. The molecule has 1 saturated carbocycles. The average Bonchev–Trinajstić information content (AvgIpc) is 2.27. The molecule has 1 atom stereocenters. The molecule has 1 heteroatoms. The Kier molecular flexibility index (Phi) is 6.00. The van der Waals surface area contributed by atoms with E-state index in [2.05, 4.69) is 13.5 Å². The molecule has 1 rings (SSSR count). The molecule has 0 heterocycles. The van der Waals surface area contributed by atoms with Gasteiger partial charge >= 0.3 is 0 Å². The van der Waals surface area contributed by atoms with Crippen LogP contribution in [0.2, 0.25) is 0 Å². The van der Waals surface area contributed by atoms with Crippen LogP contribution in [0.15, 0.2) is 12.2 Å². The highest BCUT2D eigenvalue weighted by atomic mass is 16.3. The molecule has 0 amide bonds. The molecule has 1 aliphatic carbocycles. The number of hydrogen-bond acceptors (Lipinski definition) is 1. The largest absolute Gasteiger partial charge is 0.393 e. The van der Waals surface area contributed by atoms with Crippen LogP contribution in [-0.4, -0.2) is 11.2 Å². The van der Waals surface area contributed by atoms with Crippen LogP contribution in [0, 0.1) is 5.92 Å². The second-order valence-electron chi connectivity index (χ2n) is 5.04. The van der Waals surface area contributed by atoms with E-state index in [1.165, 1.54) is 44.1 Å². The van der Waals surface area contributed by atoms with Crippen LogP contribution in [0.4, 0.5) is 0 Å². The van der Waals surface area contributed by atoms with Gasteiger partial charge in [0.25, 0.3) is 0 Å². The maximum Gasteiger partial charge on any atom is 0.0577 e. The van der Waals surface area contributed by atoms with Gasteiger partial charge in [-0.3, -0.25) is 0 Å². The lowest BCUT2D eigenvalue weighted by molar-refractivity contribution is 0.149. The van der Waals surface area contributed by atoms with Gasteiger partial charge in [0.15, 0.2) is 0 Å². The van der Waals surface area contributed by atoms with Gasteiger partial charge in [-0.25, -0.2) is 0 Å². The summed E-state index contributed by atoms with van der Waals surface area (Å²) in [6, 6.07) is 0. The molecular formula is C14H26O. The van der Waals surface area contributed by atoms with Gasteiger partial charge in [-0.05, 0) is 31.6 Å². The van der Waals surface area contributed by atoms with Crippen LogP contribution in [0.3, 0.4) is 0 Å². The summed E-state index contributed by atoms with van der Waals surface area (Å²) in [5.41, 5.74) is 1.19. The van der Waals surface area contributed by atoms with Crippen molar-refractivity contribution in [1.29, 1.82) is 0 Å². The summed E-state index contributed by atoms with van der Waals surface area (Å²) >= 11 is 0. The summed E-state index contributed by atoms with van der Waals surface area (Å²) in [5.74, 6) is 0.892. The van der Waals surface area contributed by atoms with Crippen LogP contribution in [0.5, 0.6) is 0 Å². The molecular weight excluding hydrogens is 184 g/mol. The third kappa shape index (κ3) is 5.36. The zero-order valence-electron chi connectivity index (χ0n) is 10.2. The van der Waals surface area contributed by atoms with Crippen LogP contribution < -0.4 is 0 Å². The van der Waals surface area contributed by atoms with Crippen molar-refractivity contribution in [3.8, 4) is 0 Å². The van der Waals surface area contributed by atoms with E-state index in [4.69, 9.17) is 0 Å². The van der Waals surface area contributed by atoms with Gasteiger partial charge in [0.05, 0.1) is 6.10 Å². The molecule has 1 fully saturated rings. The summed E-state index contributed by atoms with van der Waals surface area (Å²) < 4.78 is 0. The molecule has 0 saturated heterocycles. The Balaban J connectivity index is 2.09.